The van der Waals surface area contributed by atoms with Crippen molar-refractivity contribution in [3.05, 3.63) is 35.4 Å². The van der Waals surface area contributed by atoms with Gasteiger partial charge < -0.3 is 14.8 Å². The Morgan fingerprint density at radius 1 is 1.31 bits per heavy atom. The van der Waals surface area contributed by atoms with Gasteiger partial charge in [0, 0.05) is 30.8 Å². The Hall–Kier alpha value is -2.22. The fraction of sp³-hybridized carbons (Fsp3) is 0.556. The summed E-state index contributed by atoms with van der Waals surface area (Å²) >= 11 is 0. The standard InChI is InChI=1S/C18H24F2N2O4/c1-18(2,3)26-17(24)22-10-13(8-15(22)16(23)25-4)21-9-11-5-6-12(19)7-14(11)20/h5-7,13,15,21H,8-10H2,1-4H3/t13-,15+/m1/s1. The average molecular weight is 370 g/mol. The molecule has 0 radical (unpaired) electrons. The van der Waals surface area contributed by atoms with E-state index in [1.54, 1.807) is 20.8 Å². The lowest BCUT2D eigenvalue weighted by Gasteiger charge is -2.27. The number of esters is 1. The molecule has 0 spiro atoms. The molecule has 1 aromatic rings. The van der Waals surface area contributed by atoms with E-state index >= 15 is 0 Å². The number of rotatable bonds is 4. The lowest BCUT2D eigenvalue weighted by atomic mass is 10.1. The molecule has 26 heavy (non-hydrogen) atoms. The van der Waals surface area contributed by atoms with E-state index in [0.717, 1.165) is 6.07 Å². The average Bonchev–Trinajstić information content (AvgIpc) is 2.96. The Bertz CT molecular complexity index is 676. The van der Waals surface area contributed by atoms with Gasteiger partial charge in [0.15, 0.2) is 0 Å². The number of hydrogen-bond acceptors (Lipinski definition) is 5. The molecule has 1 saturated heterocycles. The molecule has 1 amide bonds. The summed E-state index contributed by atoms with van der Waals surface area (Å²) in [4.78, 5) is 25.7. The second-order valence-corrected chi connectivity index (χ2v) is 7.22. The van der Waals surface area contributed by atoms with Crippen molar-refractivity contribution in [3.8, 4) is 0 Å². The second kappa shape index (κ2) is 7.99. The van der Waals surface area contributed by atoms with Crippen LogP contribution in [0.2, 0.25) is 0 Å². The van der Waals surface area contributed by atoms with E-state index in [1.807, 2.05) is 0 Å². The maximum absolute atomic E-state index is 13.7. The molecule has 1 aliphatic rings. The number of likely N-dealkylation sites (tertiary alicyclic amines) is 1. The molecule has 8 heteroatoms. The third-order valence-electron chi connectivity index (χ3n) is 4.00. The number of nitrogens with one attached hydrogen (secondary N) is 1. The van der Waals surface area contributed by atoms with Crippen LogP contribution in [0.1, 0.15) is 32.8 Å². The van der Waals surface area contributed by atoms with Gasteiger partial charge in [0.25, 0.3) is 0 Å². The molecule has 1 fully saturated rings. The summed E-state index contributed by atoms with van der Waals surface area (Å²) in [7, 11) is 1.25. The lowest BCUT2D eigenvalue weighted by Crippen LogP contribution is -2.44. The van der Waals surface area contributed by atoms with Crippen molar-refractivity contribution in [2.75, 3.05) is 13.7 Å². The Labute approximate surface area is 151 Å². The molecular weight excluding hydrogens is 346 g/mol. The summed E-state index contributed by atoms with van der Waals surface area (Å²) < 4.78 is 36.8. The molecule has 144 valence electrons. The van der Waals surface area contributed by atoms with Crippen molar-refractivity contribution >= 4 is 12.1 Å². The Kier molecular flexibility index (Phi) is 6.17. The van der Waals surface area contributed by atoms with Crippen LogP contribution in [0.25, 0.3) is 0 Å². The molecule has 0 bridgehead atoms. The van der Waals surface area contributed by atoms with Gasteiger partial charge >= 0.3 is 12.1 Å². The maximum atomic E-state index is 13.7. The predicted molar refractivity (Wildman–Crippen MR) is 90.3 cm³/mol. The summed E-state index contributed by atoms with van der Waals surface area (Å²) in [6.07, 6.45) is -0.292. The highest BCUT2D eigenvalue weighted by Gasteiger charge is 2.42. The summed E-state index contributed by atoms with van der Waals surface area (Å²) in [5.41, 5.74) is -0.391. The van der Waals surface area contributed by atoms with Gasteiger partial charge in [0.2, 0.25) is 0 Å². The summed E-state index contributed by atoms with van der Waals surface area (Å²) in [5, 5.41) is 3.10. The van der Waals surface area contributed by atoms with E-state index in [0.29, 0.717) is 12.0 Å². The molecular formula is C18H24F2N2O4. The molecule has 0 saturated carbocycles. The minimum Gasteiger partial charge on any atom is -0.467 e. The number of carbonyl (C=O) groups is 2. The molecule has 0 aromatic heterocycles. The van der Waals surface area contributed by atoms with Gasteiger partial charge in [-0.25, -0.2) is 18.4 Å². The van der Waals surface area contributed by atoms with Gasteiger partial charge in [-0.2, -0.15) is 0 Å². The van der Waals surface area contributed by atoms with Crippen LogP contribution >= 0.6 is 0 Å². The van der Waals surface area contributed by atoms with E-state index in [2.05, 4.69) is 5.32 Å². The van der Waals surface area contributed by atoms with Crippen molar-refractivity contribution in [3.63, 3.8) is 0 Å². The van der Waals surface area contributed by atoms with Crippen LogP contribution in [0.4, 0.5) is 13.6 Å². The first-order valence-electron chi connectivity index (χ1n) is 8.35. The summed E-state index contributed by atoms with van der Waals surface area (Å²) in [6, 6.07) is 2.33. The fourth-order valence-electron chi connectivity index (χ4n) is 2.79. The van der Waals surface area contributed by atoms with E-state index in [1.165, 1.54) is 24.1 Å². The quantitative estimate of drug-likeness (QED) is 0.826. The van der Waals surface area contributed by atoms with Gasteiger partial charge in [-0.1, -0.05) is 6.07 Å². The van der Waals surface area contributed by atoms with E-state index < -0.39 is 35.3 Å². The van der Waals surface area contributed by atoms with Gasteiger partial charge in [0.05, 0.1) is 7.11 Å². The highest BCUT2D eigenvalue weighted by atomic mass is 19.1. The summed E-state index contributed by atoms with van der Waals surface area (Å²) in [6.45, 7) is 5.58. The molecule has 1 aromatic carbocycles. The van der Waals surface area contributed by atoms with Crippen molar-refractivity contribution in [2.45, 2.75) is 51.4 Å². The first-order chi connectivity index (χ1) is 12.1. The Morgan fingerprint density at radius 2 is 2.00 bits per heavy atom. The van der Waals surface area contributed by atoms with E-state index in [4.69, 9.17) is 9.47 Å². The molecule has 2 rings (SSSR count). The largest absolute Gasteiger partial charge is 0.467 e. The molecule has 1 aliphatic heterocycles. The molecule has 2 atom stereocenters. The second-order valence-electron chi connectivity index (χ2n) is 7.22. The van der Waals surface area contributed by atoms with Crippen LogP contribution in [0.15, 0.2) is 18.2 Å². The van der Waals surface area contributed by atoms with E-state index in [9.17, 15) is 18.4 Å². The maximum Gasteiger partial charge on any atom is 0.411 e. The zero-order valence-corrected chi connectivity index (χ0v) is 15.3. The van der Waals surface area contributed by atoms with Crippen LogP contribution in [0, 0.1) is 11.6 Å². The van der Waals surface area contributed by atoms with Crippen molar-refractivity contribution in [2.24, 2.45) is 0 Å². The molecule has 1 heterocycles. The number of methoxy groups -OCH3 is 1. The van der Waals surface area contributed by atoms with Crippen molar-refractivity contribution in [1.29, 1.82) is 0 Å². The van der Waals surface area contributed by atoms with Crippen molar-refractivity contribution in [1.82, 2.24) is 10.2 Å². The molecule has 6 nitrogen and oxygen atoms in total. The normalized spacial score (nSPS) is 20.2. The van der Waals surface area contributed by atoms with Gasteiger partial charge in [-0.3, -0.25) is 4.90 Å². The summed E-state index contributed by atoms with van der Waals surface area (Å²) in [5.74, 6) is -1.83. The van der Waals surface area contributed by atoms with Gasteiger partial charge in [0.1, 0.15) is 23.3 Å². The Balaban J connectivity index is 2.04. The van der Waals surface area contributed by atoms with E-state index in [-0.39, 0.29) is 19.1 Å². The minimum absolute atomic E-state index is 0.146. The highest BCUT2D eigenvalue weighted by molar-refractivity contribution is 5.82. The number of halogens is 2. The number of nitrogens with zero attached hydrogens (tertiary/aromatic N) is 1. The molecule has 0 aliphatic carbocycles. The van der Waals surface area contributed by atoms with Crippen LogP contribution in [-0.2, 0) is 20.8 Å². The Morgan fingerprint density at radius 3 is 2.58 bits per heavy atom. The third-order valence-corrected chi connectivity index (χ3v) is 4.00. The first kappa shape index (κ1) is 20.1. The lowest BCUT2D eigenvalue weighted by molar-refractivity contribution is -0.145. The smallest absolute Gasteiger partial charge is 0.411 e. The monoisotopic (exact) mass is 370 g/mol. The van der Waals surface area contributed by atoms with Crippen molar-refractivity contribution < 1.29 is 27.8 Å². The van der Waals surface area contributed by atoms with Gasteiger partial charge in [-0.15, -0.1) is 0 Å². The third kappa shape index (κ3) is 5.14. The van der Waals surface area contributed by atoms with Crippen LogP contribution in [0.5, 0.6) is 0 Å². The number of carbonyl (C=O) groups excluding carboxylic acids is 2. The number of benzene rings is 1. The highest BCUT2D eigenvalue weighted by Crippen LogP contribution is 2.23. The minimum atomic E-state index is -0.773. The first-order valence-corrected chi connectivity index (χ1v) is 8.35. The predicted octanol–water partition coefficient (Wildman–Crippen LogP) is 2.61. The fourth-order valence-corrected chi connectivity index (χ4v) is 2.79. The van der Waals surface area contributed by atoms with Crippen LogP contribution in [0.3, 0.4) is 0 Å². The number of amides is 1. The molecule has 0 unspecified atom stereocenters. The zero-order valence-electron chi connectivity index (χ0n) is 15.3. The van der Waals surface area contributed by atoms with Gasteiger partial charge in [-0.05, 0) is 33.3 Å². The van der Waals surface area contributed by atoms with Crippen LogP contribution < -0.4 is 5.32 Å². The number of hydrogen-bond donors (Lipinski definition) is 1. The SMILES string of the molecule is COC(=O)[C@@H]1C[C@@H](NCc2ccc(F)cc2F)CN1C(=O)OC(C)(C)C. The number of ether oxygens (including phenoxy) is 2. The van der Waals surface area contributed by atoms with Crippen LogP contribution in [-0.4, -0.2) is 48.3 Å². The zero-order chi connectivity index (χ0) is 19.5. The molecule has 1 N–H and O–H groups in total. The topological polar surface area (TPSA) is 67.9 Å².